The first-order valence-corrected chi connectivity index (χ1v) is 12.1. The minimum Gasteiger partial charge on any atom is -0.352 e. The van der Waals surface area contributed by atoms with Gasteiger partial charge in [-0.1, -0.05) is 65.2 Å². The number of hydrogen-bond donors (Lipinski definition) is 2. The Morgan fingerprint density at radius 3 is 2.30 bits per heavy atom. The summed E-state index contributed by atoms with van der Waals surface area (Å²) in [6.45, 7) is 5.85. The van der Waals surface area contributed by atoms with Gasteiger partial charge in [0.2, 0.25) is 11.8 Å². The number of rotatable bonds is 18. The normalized spacial score (nSPS) is 15.2. The van der Waals surface area contributed by atoms with Crippen LogP contribution in [0.5, 0.6) is 0 Å². The number of amides is 4. The first-order valence-electron chi connectivity index (χ1n) is 12.1. The average molecular weight is 425 g/mol. The van der Waals surface area contributed by atoms with Crippen LogP contribution < -0.4 is 11.1 Å². The molecule has 0 aliphatic carbocycles. The smallest absolute Gasteiger partial charge is 0.327 e. The lowest BCUT2D eigenvalue weighted by Gasteiger charge is -2.24. The number of carbonyl (C=O) groups is 3. The zero-order chi connectivity index (χ0) is 22.2. The van der Waals surface area contributed by atoms with Crippen LogP contribution in [0.4, 0.5) is 4.79 Å². The van der Waals surface area contributed by atoms with E-state index in [9.17, 15) is 14.4 Å². The maximum absolute atomic E-state index is 12.6. The van der Waals surface area contributed by atoms with Crippen molar-refractivity contribution in [3.8, 4) is 0 Å². The second kappa shape index (κ2) is 16.1. The molecule has 1 heterocycles. The standard InChI is InChI=1S/C23H44N4O3/c1-3-5-7-8-9-10-11-15-21(28)25-20(14-12-13-16-24)18-26-19-22(29)27(23(26)30)17-6-4-2/h20H,3-19,24H2,1-2H3,(H,25,28)/t20-/m0/s1. The van der Waals surface area contributed by atoms with E-state index < -0.39 is 0 Å². The van der Waals surface area contributed by atoms with Crippen molar-refractivity contribution < 1.29 is 14.4 Å². The number of carbonyl (C=O) groups excluding carboxylic acids is 3. The fraction of sp³-hybridized carbons (Fsp3) is 0.870. The van der Waals surface area contributed by atoms with Gasteiger partial charge in [0.15, 0.2) is 0 Å². The third-order valence-corrected chi connectivity index (χ3v) is 5.68. The van der Waals surface area contributed by atoms with Crippen LogP contribution in [0.2, 0.25) is 0 Å². The summed E-state index contributed by atoms with van der Waals surface area (Å²) in [6.07, 6.45) is 13.1. The second-order valence-corrected chi connectivity index (χ2v) is 8.48. The summed E-state index contributed by atoms with van der Waals surface area (Å²) in [5, 5.41) is 3.10. The second-order valence-electron chi connectivity index (χ2n) is 8.48. The highest BCUT2D eigenvalue weighted by atomic mass is 16.2. The van der Waals surface area contributed by atoms with E-state index in [1.807, 2.05) is 6.92 Å². The van der Waals surface area contributed by atoms with E-state index in [1.54, 1.807) is 4.90 Å². The topological polar surface area (TPSA) is 95.7 Å². The number of nitrogens with one attached hydrogen (secondary N) is 1. The highest BCUT2D eigenvalue weighted by Gasteiger charge is 2.36. The number of imide groups is 1. The van der Waals surface area contributed by atoms with E-state index in [0.717, 1.165) is 44.9 Å². The van der Waals surface area contributed by atoms with Crippen molar-refractivity contribution in [2.45, 2.75) is 103 Å². The van der Waals surface area contributed by atoms with Crippen molar-refractivity contribution in [3.05, 3.63) is 0 Å². The number of nitrogens with zero attached hydrogens (tertiary/aromatic N) is 2. The van der Waals surface area contributed by atoms with Crippen LogP contribution in [-0.2, 0) is 9.59 Å². The summed E-state index contributed by atoms with van der Waals surface area (Å²) >= 11 is 0. The zero-order valence-corrected chi connectivity index (χ0v) is 19.3. The molecular weight excluding hydrogens is 380 g/mol. The highest BCUT2D eigenvalue weighted by molar-refractivity contribution is 6.02. The van der Waals surface area contributed by atoms with Gasteiger partial charge in [0.05, 0.1) is 0 Å². The molecule has 0 aromatic rings. The van der Waals surface area contributed by atoms with E-state index in [-0.39, 0.29) is 30.4 Å². The molecule has 0 aromatic heterocycles. The molecule has 1 rings (SSSR count). The molecule has 1 aliphatic rings. The Kier molecular flexibility index (Phi) is 14.2. The number of hydrogen-bond acceptors (Lipinski definition) is 4. The van der Waals surface area contributed by atoms with Gasteiger partial charge in [0.25, 0.3) is 0 Å². The van der Waals surface area contributed by atoms with Gasteiger partial charge in [-0.2, -0.15) is 0 Å². The molecule has 0 aromatic carbocycles. The lowest BCUT2D eigenvalue weighted by Crippen LogP contribution is -2.45. The van der Waals surface area contributed by atoms with Crippen molar-refractivity contribution in [2.24, 2.45) is 5.73 Å². The van der Waals surface area contributed by atoms with Gasteiger partial charge in [-0.15, -0.1) is 0 Å². The molecule has 30 heavy (non-hydrogen) atoms. The van der Waals surface area contributed by atoms with Crippen molar-refractivity contribution >= 4 is 17.8 Å². The van der Waals surface area contributed by atoms with Gasteiger partial charge < -0.3 is 16.0 Å². The van der Waals surface area contributed by atoms with E-state index in [1.165, 1.54) is 37.0 Å². The minimum absolute atomic E-state index is 0.0436. The van der Waals surface area contributed by atoms with Crippen molar-refractivity contribution in [1.82, 2.24) is 15.1 Å². The molecule has 0 radical (unpaired) electrons. The summed E-state index contributed by atoms with van der Waals surface area (Å²) in [7, 11) is 0. The summed E-state index contributed by atoms with van der Waals surface area (Å²) in [5.41, 5.74) is 5.61. The fourth-order valence-electron chi connectivity index (χ4n) is 3.83. The molecule has 0 spiro atoms. The molecule has 1 aliphatic heterocycles. The van der Waals surface area contributed by atoms with Crippen LogP contribution in [0, 0.1) is 0 Å². The Balaban J connectivity index is 2.45. The Bertz CT molecular complexity index is 513. The monoisotopic (exact) mass is 424 g/mol. The molecule has 1 atom stereocenters. The van der Waals surface area contributed by atoms with Crippen LogP contribution in [0.25, 0.3) is 0 Å². The average Bonchev–Trinajstić information content (AvgIpc) is 2.98. The fourth-order valence-corrected chi connectivity index (χ4v) is 3.83. The lowest BCUT2D eigenvalue weighted by atomic mass is 10.1. The van der Waals surface area contributed by atoms with Gasteiger partial charge in [0.1, 0.15) is 6.54 Å². The third-order valence-electron chi connectivity index (χ3n) is 5.68. The quantitative estimate of drug-likeness (QED) is 0.258. The van der Waals surface area contributed by atoms with Crippen LogP contribution in [0.1, 0.15) is 97.3 Å². The summed E-state index contributed by atoms with van der Waals surface area (Å²) in [5.74, 6) is -0.0920. The molecule has 7 nitrogen and oxygen atoms in total. The summed E-state index contributed by atoms with van der Waals surface area (Å²) in [6, 6.07) is -0.352. The molecule has 1 fully saturated rings. The van der Waals surface area contributed by atoms with E-state index in [0.29, 0.717) is 26.1 Å². The number of urea groups is 1. The predicted molar refractivity (Wildman–Crippen MR) is 121 cm³/mol. The van der Waals surface area contributed by atoms with Crippen LogP contribution in [-0.4, -0.2) is 59.9 Å². The summed E-state index contributed by atoms with van der Waals surface area (Å²) < 4.78 is 0. The highest BCUT2D eigenvalue weighted by Crippen LogP contribution is 2.14. The Hall–Kier alpha value is -1.63. The third kappa shape index (κ3) is 10.4. The number of nitrogens with two attached hydrogens (primary N) is 1. The van der Waals surface area contributed by atoms with Gasteiger partial charge in [0, 0.05) is 25.6 Å². The Morgan fingerprint density at radius 2 is 1.63 bits per heavy atom. The molecular formula is C23H44N4O3. The molecule has 0 unspecified atom stereocenters. The van der Waals surface area contributed by atoms with Gasteiger partial charge in [-0.25, -0.2) is 4.79 Å². The van der Waals surface area contributed by atoms with Gasteiger partial charge in [-0.05, 0) is 32.2 Å². The Morgan fingerprint density at radius 1 is 0.967 bits per heavy atom. The van der Waals surface area contributed by atoms with Crippen LogP contribution in [0.3, 0.4) is 0 Å². The van der Waals surface area contributed by atoms with E-state index in [2.05, 4.69) is 12.2 Å². The molecule has 7 heteroatoms. The lowest BCUT2D eigenvalue weighted by molar-refractivity contribution is -0.125. The minimum atomic E-state index is -0.224. The molecule has 0 bridgehead atoms. The molecule has 174 valence electrons. The van der Waals surface area contributed by atoms with E-state index in [4.69, 9.17) is 5.73 Å². The maximum Gasteiger partial charge on any atom is 0.327 e. The molecule has 3 N–H and O–H groups in total. The van der Waals surface area contributed by atoms with Gasteiger partial charge in [-0.3, -0.25) is 14.5 Å². The first kappa shape index (κ1) is 26.4. The zero-order valence-electron chi connectivity index (χ0n) is 19.3. The van der Waals surface area contributed by atoms with Crippen LogP contribution >= 0.6 is 0 Å². The van der Waals surface area contributed by atoms with E-state index >= 15 is 0 Å². The van der Waals surface area contributed by atoms with Gasteiger partial charge >= 0.3 is 6.03 Å². The van der Waals surface area contributed by atoms with Crippen molar-refractivity contribution in [3.63, 3.8) is 0 Å². The molecule has 4 amide bonds. The molecule has 0 saturated carbocycles. The van der Waals surface area contributed by atoms with Crippen molar-refractivity contribution in [1.29, 1.82) is 0 Å². The first-order chi connectivity index (χ1) is 14.5. The number of unbranched alkanes of at least 4 members (excludes halogenated alkanes) is 8. The predicted octanol–water partition coefficient (Wildman–Crippen LogP) is 3.81. The molecule has 1 saturated heterocycles. The largest absolute Gasteiger partial charge is 0.352 e. The van der Waals surface area contributed by atoms with Crippen LogP contribution in [0.15, 0.2) is 0 Å². The SMILES string of the molecule is CCCCCCCCCC(=O)N[C@@H](CCCCN)CN1CC(=O)N(CCCC)C1=O. The maximum atomic E-state index is 12.6. The van der Waals surface area contributed by atoms with Crippen molar-refractivity contribution in [2.75, 3.05) is 26.2 Å². The Labute approximate surface area is 183 Å². The summed E-state index contributed by atoms with van der Waals surface area (Å²) in [4.78, 5) is 40.1.